The van der Waals surface area contributed by atoms with Crippen LogP contribution in [0.1, 0.15) is 25.3 Å². The van der Waals surface area contributed by atoms with Crippen LogP contribution in [0.4, 0.5) is 5.69 Å². The second kappa shape index (κ2) is 10.6. The minimum atomic E-state index is -0.925. The predicted molar refractivity (Wildman–Crippen MR) is 103 cm³/mol. The molecule has 0 unspecified atom stereocenters. The van der Waals surface area contributed by atoms with Crippen molar-refractivity contribution in [1.82, 2.24) is 0 Å². The minimum absolute atomic E-state index is 0.143. The molecule has 0 saturated carbocycles. The molecule has 7 heteroatoms. The maximum Gasteiger partial charge on any atom is 0.306 e. The van der Waals surface area contributed by atoms with Gasteiger partial charge in [0.1, 0.15) is 11.5 Å². The highest BCUT2D eigenvalue weighted by Gasteiger charge is 2.17. The third-order valence-corrected chi connectivity index (χ3v) is 3.81. The van der Waals surface area contributed by atoms with Crippen molar-refractivity contribution >= 4 is 17.6 Å². The van der Waals surface area contributed by atoms with Crippen LogP contribution in [-0.2, 0) is 14.3 Å². The number of methoxy groups -OCH3 is 1. The molecule has 0 spiro atoms. The number of hydrogen-bond acceptors (Lipinski definition) is 6. The molecule has 2 aromatic rings. The predicted octanol–water partition coefficient (Wildman–Crippen LogP) is 3.30. The summed E-state index contributed by atoms with van der Waals surface area (Å²) in [4.78, 5) is 24.0. The van der Waals surface area contributed by atoms with Crippen LogP contribution in [0, 0.1) is 11.3 Å². The highest BCUT2D eigenvalue weighted by atomic mass is 16.5. The van der Waals surface area contributed by atoms with Crippen molar-refractivity contribution in [2.75, 3.05) is 19.0 Å². The Bertz CT molecular complexity index is 825. The molecule has 1 atom stereocenters. The molecule has 146 valence electrons. The molecule has 7 nitrogen and oxygen atoms in total. The molecule has 0 bridgehead atoms. The van der Waals surface area contributed by atoms with E-state index in [0.717, 1.165) is 5.75 Å². The molecule has 2 aromatic carbocycles. The van der Waals surface area contributed by atoms with Crippen LogP contribution in [-0.4, -0.2) is 31.7 Å². The van der Waals surface area contributed by atoms with Crippen molar-refractivity contribution in [2.24, 2.45) is 0 Å². The summed E-state index contributed by atoms with van der Waals surface area (Å²) in [5, 5.41) is 11.4. The zero-order valence-corrected chi connectivity index (χ0v) is 15.8. The molecule has 0 saturated heterocycles. The molecule has 0 aliphatic carbocycles. The van der Waals surface area contributed by atoms with Gasteiger partial charge in [-0.3, -0.25) is 9.59 Å². The summed E-state index contributed by atoms with van der Waals surface area (Å²) in [5.74, 6) is 0.516. The summed E-state index contributed by atoms with van der Waals surface area (Å²) in [6.45, 7) is 1.86. The second-order valence-corrected chi connectivity index (χ2v) is 5.94. The average molecular weight is 382 g/mol. The van der Waals surface area contributed by atoms with Crippen molar-refractivity contribution in [1.29, 1.82) is 5.26 Å². The van der Waals surface area contributed by atoms with E-state index in [4.69, 9.17) is 19.5 Å². The van der Waals surface area contributed by atoms with Crippen LogP contribution in [0.2, 0.25) is 0 Å². The first-order chi connectivity index (χ1) is 13.5. The van der Waals surface area contributed by atoms with Gasteiger partial charge in [-0.15, -0.1) is 0 Å². The molecule has 0 aromatic heterocycles. The van der Waals surface area contributed by atoms with E-state index in [1.54, 1.807) is 55.6 Å². The number of ether oxygens (including phenoxy) is 3. The van der Waals surface area contributed by atoms with Gasteiger partial charge in [-0.2, -0.15) is 5.26 Å². The van der Waals surface area contributed by atoms with Gasteiger partial charge in [0, 0.05) is 12.1 Å². The molecule has 0 fully saturated rings. The molecule has 2 rings (SSSR count). The van der Waals surface area contributed by atoms with Crippen molar-refractivity contribution in [2.45, 2.75) is 25.9 Å². The van der Waals surface area contributed by atoms with E-state index in [9.17, 15) is 9.59 Å². The topological polar surface area (TPSA) is 97.7 Å². The number of carbonyl (C=O) groups is 2. The van der Waals surface area contributed by atoms with Crippen molar-refractivity contribution in [3.05, 3.63) is 54.1 Å². The lowest BCUT2D eigenvalue weighted by Gasteiger charge is -2.13. The van der Waals surface area contributed by atoms with Crippen molar-refractivity contribution in [3.8, 4) is 17.6 Å². The molecule has 0 radical (unpaired) electrons. The van der Waals surface area contributed by atoms with Crippen molar-refractivity contribution in [3.63, 3.8) is 0 Å². The Kier molecular flexibility index (Phi) is 7.85. The van der Waals surface area contributed by atoms with E-state index in [1.165, 1.54) is 6.92 Å². The Morgan fingerprint density at radius 3 is 2.32 bits per heavy atom. The van der Waals surface area contributed by atoms with Gasteiger partial charge in [0.2, 0.25) is 0 Å². The fourth-order valence-corrected chi connectivity index (χ4v) is 2.26. The number of nitrogens with zero attached hydrogens (tertiary/aromatic N) is 1. The molecule has 28 heavy (non-hydrogen) atoms. The largest absolute Gasteiger partial charge is 0.497 e. The summed E-state index contributed by atoms with van der Waals surface area (Å²) < 4.78 is 15.7. The lowest BCUT2D eigenvalue weighted by Crippen LogP contribution is -2.30. The minimum Gasteiger partial charge on any atom is -0.497 e. The second-order valence-electron chi connectivity index (χ2n) is 5.94. The van der Waals surface area contributed by atoms with E-state index in [2.05, 4.69) is 5.32 Å². The SMILES string of the molecule is COc1ccc(OCCCC(=O)O[C@H](C)C(=O)Nc2ccc(C#N)cc2)cc1. The van der Waals surface area contributed by atoms with Gasteiger partial charge >= 0.3 is 5.97 Å². The number of benzene rings is 2. The number of rotatable bonds is 9. The van der Waals surface area contributed by atoms with Gasteiger partial charge < -0.3 is 19.5 Å². The Labute approximate surface area is 163 Å². The molecule has 0 heterocycles. The monoisotopic (exact) mass is 382 g/mol. The standard InChI is InChI=1S/C21H22N2O5/c1-15(21(25)23-17-7-5-16(14-22)6-8-17)28-20(24)4-3-13-27-19-11-9-18(26-2)10-12-19/h5-12,15H,3-4,13H2,1-2H3,(H,23,25)/t15-/m1/s1. The van der Waals surface area contributed by atoms with E-state index >= 15 is 0 Å². The molecule has 1 amide bonds. The third kappa shape index (κ3) is 6.65. The maximum atomic E-state index is 12.1. The lowest BCUT2D eigenvalue weighted by molar-refractivity contribution is -0.153. The number of amides is 1. The molecular formula is C21H22N2O5. The van der Waals surface area contributed by atoms with Gasteiger partial charge in [-0.25, -0.2) is 0 Å². The van der Waals surface area contributed by atoms with Gasteiger partial charge in [-0.1, -0.05) is 0 Å². The Morgan fingerprint density at radius 2 is 1.71 bits per heavy atom. The average Bonchev–Trinajstić information content (AvgIpc) is 2.72. The van der Waals surface area contributed by atoms with Gasteiger partial charge in [0.05, 0.1) is 25.3 Å². The molecule has 0 aliphatic rings. The highest BCUT2D eigenvalue weighted by Crippen LogP contribution is 2.17. The lowest BCUT2D eigenvalue weighted by atomic mass is 10.2. The van der Waals surface area contributed by atoms with E-state index in [1.807, 2.05) is 6.07 Å². The van der Waals surface area contributed by atoms with Crippen LogP contribution in [0.5, 0.6) is 11.5 Å². The van der Waals surface area contributed by atoms with Crippen LogP contribution in [0.25, 0.3) is 0 Å². The van der Waals surface area contributed by atoms with Gasteiger partial charge in [0.25, 0.3) is 5.91 Å². The summed E-state index contributed by atoms with van der Waals surface area (Å²) >= 11 is 0. The number of nitrogens with one attached hydrogen (secondary N) is 1. The van der Waals surface area contributed by atoms with Crippen LogP contribution >= 0.6 is 0 Å². The summed E-state index contributed by atoms with van der Waals surface area (Å²) in [7, 11) is 1.59. The smallest absolute Gasteiger partial charge is 0.306 e. The Balaban J connectivity index is 1.67. The maximum absolute atomic E-state index is 12.1. The normalized spacial score (nSPS) is 11.0. The number of nitriles is 1. The summed E-state index contributed by atoms with van der Waals surface area (Å²) in [6.07, 6.45) is -0.315. The first-order valence-corrected chi connectivity index (χ1v) is 8.79. The zero-order chi connectivity index (χ0) is 20.4. The first kappa shape index (κ1) is 20.8. The molecule has 0 aliphatic heterocycles. The summed E-state index contributed by atoms with van der Waals surface area (Å²) in [6, 6.07) is 15.6. The number of esters is 1. The quantitative estimate of drug-likeness (QED) is 0.528. The van der Waals surface area contributed by atoms with Gasteiger partial charge in [0.15, 0.2) is 6.10 Å². The molecular weight excluding hydrogens is 360 g/mol. The summed E-state index contributed by atoms with van der Waals surface area (Å²) in [5.41, 5.74) is 1.02. The number of anilines is 1. The van der Waals surface area contributed by atoms with E-state index in [-0.39, 0.29) is 6.42 Å². The zero-order valence-electron chi connectivity index (χ0n) is 15.8. The van der Waals surface area contributed by atoms with Crippen LogP contribution in [0.15, 0.2) is 48.5 Å². The third-order valence-electron chi connectivity index (χ3n) is 3.81. The van der Waals surface area contributed by atoms with Crippen LogP contribution in [0.3, 0.4) is 0 Å². The van der Waals surface area contributed by atoms with Gasteiger partial charge in [-0.05, 0) is 61.9 Å². The fourth-order valence-electron chi connectivity index (χ4n) is 2.26. The first-order valence-electron chi connectivity index (χ1n) is 8.79. The number of hydrogen-bond donors (Lipinski definition) is 1. The highest BCUT2D eigenvalue weighted by molar-refractivity contribution is 5.95. The fraction of sp³-hybridized carbons (Fsp3) is 0.286. The number of carbonyl (C=O) groups excluding carboxylic acids is 2. The van der Waals surface area contributed by atoms with E-state index < -0.39 is 18.0 Å². The Hall–Kier alpha value is -3.53. The van der Waals surface area contributed by atoms with Crippen LogP contribution < -0.4 is 14.8 Å². The van der Waals surface area contributed by atoms with Crippen molar-refractivity contribution < 1.29 is 23.8 Å². The van der Waals surface area contributed by atoms with E-state index in [0.29, 0.717) is 30.0 Å². The molecule has 1 N–H and O–H groups in total. The Morgan fingerprint density at radius 1 is 1.07 bits per heavy atom.